The van der Waals surface area contributed by atoms with Gasteiger partial charge >= 0.3 is 0 Å². The number of hydrogen-bond acceptors (Lipinski definition) is 7. The number of aromatic nitrogens is 2. The highest BCUT2D eigenvalue weighted by molar-refractivity contribution is 6.42. The predicted molar refractivity (Wildman–Crippen MR) is 86.9 cm³/mol. The molecule has 0 unspecified atom stereocenters. The highest BCUT2D eigenvalue weighted by atomic mass is 35.5. The molecule has 0 aliphatic carbocycles. The minimum absolute atomic E-state index is 0.0282. The van der Waals surface area contributed by atoms with Gasteiger partial charge in [-0.3, -0.25) is 4.57 Å². The van der Waals surface area contributed by atoms with Crippen LogP contribution in [0.4, 0.5) is 5.95 Å². The third kappa shape index (κ3) is 2.80. The lowest BCUT2D eigenvalue weighted by atomic mass is 10.1. The number of aliphatic hydroxyl groups is 3. The van der Waals surface area contributed by atoms with E-state index in [0.29, 0.717) is 16.1 Å². The molecule has 2 heterocycles. The van der Waals surface area contributed by atoms with E-state index in [1.54, 1.807) is 12.1 Å². The van der Waals surface area contributed by atoms with Crippen LogP contribution in [0, 0.1) is 11.3 Å². The van der Waals surface area contributed by atoms with Crippen LogP contribution < -0.4 is 5.32 Å². The van der Waals surface area contributed by atoms with E-state index in [-0.39, 0.29) is 17.5 Å². The number of hydrogen-bond donors (Lipinski definition) is 4. The van der Waals surface area contributed by atoms with Gasteiger partial charge in [-0.1, -0.05) is 23.2 Å². The molecule has 0 radical (unpaired) electrons. The van der Waals surface area contributed by atoms with Gasteiger partial charge in [0, 0.05) is 0 Å². The lowest BCUT2D eigenvalue weighted by molar-refractivity contribution is -0.0499. The van der Waals surface area contributed by atoms with Crippen LogP contribution in [-0.2, 0) is 4.74 Å². The summed E-state index contributed by atoms with van der Waals surface area (Å²) in [4.78, 5) is 4.33. The molecule has 1 saturated heterocycles. The average molecular weight is 373 g/mol. The summed E-state index contributed by atoms with van der Waals surface area (Å²) in [6.45, 7) is -0.478. The van der Waals surface area contributed by atoms with Gasteiger partial charge in [0.25, 0.3) is 0 Å². The molecule has 0 bridgehead atoms. The molecule has 1 fully saturated rings. The van der Waals surface area contributed by atoms with Crippen molar-refractivity contribution >= 4 is 40.2 Å². The lowest BCUT2D eigenvalue weighted by Crippen LogP contribution is -2.33. The number of fused-ring (bicyclic) bond motifs is 1. The van der Waals surface area contributed by atoms with E-state index in [9.17, 15) is 15.3 Å². The number of anilines is 1. The number of ether oxygens (including phenoxy) is 1. The maximum absolute atomic E-state index is 10.3. The van der Waals surface area contributed by atoms with Crippen LogP contribution in [0.2, 0.25) is 10.0 Å². The molecule has 2 aromatic rings. The Balaban J connectivity index is 2.14. The predicted octanol–water partition coefficient (Wildman–Crippen LogP) is 0.890. The van der Waals surface area contributed by atoms with Crippen LogP contribution >= 0.6 is 23.2 Å². The minimum Gasteiger partial charge on any atom is -0.394 e. The Morgan fingerprint density at radius 3 is 2.62 bits per heavy atom. The van der Waals surface area contributed by atoms with Gasteiger partial charge in [0.2, 0.25) is 5.95 Å². The molecule has 3 rings (SSSR count). The molecular weight excluding hydrogens is 359 g/mol. The van der Waals surface area contributed by atoms with Gasteiger partial charge in [0.1, 0.15) is 24.9 Å². The summed E-state index contributed by atoms with van der Waals surface area (Å²) in [7, 11) is 0. The largest absolute Gasteiger partial charge is 0.394 e. The quantitative estimate of drug-likeness (QED) is 0.587. The fourth-order valence-corrected chi connectivity index (χ4v) is 3.00. The molecule has 128 valence electrons. The molecule has 10 heteroatoms. The standard InChI is InChI=1S/C14H14Cl2N4O4/c15-6-3-8-9(4-7(6)16)20(14(19-8)18-2-1-17)13-12(23)11(22)10(5-21)24-13/h3-4,10-13,21-23H,2,5H2,(H,18,19)/t10-,11-,12-,13-/m1/s1. The molecule has 1 aromatic heterocycles. The summed E-state index contributed by atoms with van der Waals surface area (Å²) in [5.41, 5.74) is 0.974. The second-order valence-corrected chi connectivity index (χ2v) is 6.12. The van der Waals surface area contributed by atoms with Gasteiger partial charge in [-0.05, 0) is 12.1 Å². The van der Waals surface area contributed by atoms with Gasteiger partial charge < -0.3 is 25.4 Å². The number of imidazole rings is 1. The Bertz CT molecular complexity index is 806. The molecule has 24 heavy (non-hydrogen) atoms. The smallest absolute Gasteiger partial charge is 0.206 e. The van der Waals surface area contributed by atoms with Crippen molar-refractivity contribution in [2.45, 2.75) is 24.5 Å². The van der Waals surface area contributed by atoms with Crippen molar-refractivity contribution < 1.29 is 20.1 Å². The number of halogens is 2. The molecule has 4 N–H and O–H groups in total. The molecule has 0 spiro atoms. The highest BCUT2D eigenvalue weighted by Gasteiger charge is 2.44. The molecule has 8 nitrogen and oxygen atoms in total. The Morgan fingerprint density at radius 1 is 1.29 bits per heavy atom. The number of nitrogens with one attached hydrogen (secondary N) is 1. The van der Waals surface area contributed by atoms with Crippen molar-refractivity contribution in [3.8, 4) is 6.07 Å². The average Bonchev–Trinajstić information content (AvgIpc) is 3.04. The molecule has 0 saturated carbocycles. The van der Waals surface area contributed by atoms with Crippen molar-refractivity contribution in [2.24, 2.45) is 0 Å². The maximum atomic E-state index is 10.3. The fraction of sp³-hybridized carbons (Fsp3) is 0.429. The summed E-state index contributed by atoms with van der Waals surface area (Å²) >= 11 is 12.1. The molecule has 1 aliphatic heterocycles. The zero-order chi connectivity index (χ0) is 17.4. The Hall–Kier alpha value is -1.60. The van der Waals surface area contributed by atoms with Gasteiger partial charge in [0.05, 0.1) is 33.8 Å². The van der Waals surface area contributed by atoms with E-state index < -0.39 is 31.1 Å². The van der Waals surface area contributed by atoms with E-state index in [1.807, 2.05) is 6.07 Å². The van der Waals surface area contributed by atoms with E-state index in [0.717, 1.165) is 0 Å². The second-order valence-electron chi connectivity index (χ2n) is 5.30. The number of rotatable bonds is 4. The number of nitrogens with zero attached hydrogens (tertiary/aromatic N) is 3. The third-order valence-electron chi connectivity index (χ3n) is 3.83. The Kier molecular flexibility index (Phi) is 4.83. The first kappa shape index (κ1) is 17.2. The highest BCUT2D eigenvalue weighted by Crippen LogP contribution is 2.37. The van der Waals surface area contributed by atoms with Gasteiger partial charge in [-0.25, -0.2) is 4.98 Å². The van der Waals surface area contributed by atoms with Crippen LogP contribution in [-0.4, -0.2) is 56.3 Å². The molecule has 4 atom stereocenters. The van der Waals surface area contributed by atoms with Crippen LogP contribution in [0.1, 0.15) is 6.23 Å². The number of aliphatic hydroxyl groups excluding tert-OH is 3. The molecule has 1 aliphatic rings. The molecule has 1 aromatic carbocycles. The summed E-state index contributed by atoms with van der Waals surface area (Å²) < 4.78 is 7.04. The SMILES string of the molecule is N#CCNc1nc2cc(Cl)c(Cl)cc2n1[C@@H]1O[C@H](CO)[C@@H](O)[C@H]1O. The van der Waals surface area contributed by atoms with E-state index in [4.69, 9.17) is 33.2 Å². The Morgan fingerprint density at radius 2 is 2.00 bits per heavy atom. The van der Waals surface area contributed by atoms with Gasteiger partial charge in [0.15, 0.2) is 6.23 Å². The van der Waals surface area contributed by atoms with E-state index in [2.05, 4.69) is 10.3 Å². The molecular formula is C14H14Cl2N4O4. The summed E-state index contributed by atoms with van der Waals surface area (Å²) in [6.07, 6.45) is -4.50. The zero-order valence-corrected chi connectivity index (χ0v) is 13.7. The van der Waals surface area contributed by atoms with Crippen LogP contribution in [0.5, 0.6) is 0 Å². The van der Waals surface area contributed by atoms with Crippen molar-refractivity contribution in [1.82, 2.24) is 9.55 Å². The van der Waals surface area contributed by atoms with Crippen molar-refractivity contribution in [3.63, 3.8) is 0 Å². The normalized spacial score (nSPS) is 26.7. The Labute approximate surface area is 146 Å². The van der Waals surface area contributed by atoms with E-state index in [1.165, 1.54) is 4.57 Å². The van der Waals surface area contributed by atoms with Crippen molar-refractivity contribution in [2.75, 3.05) is 18.5 Å². The monoisotopic (exact) mass is 372 g/mol. The summed E-state index contributed by atoms with van der Waals surface area (Å²) in [6, 6.07) is 5.04. The van der Waals surface area contributed by atoms with Crippen LogP contribution in [0.3, 0.4) is 0 Å². The van der Waals surface area contributed by atoms with Crippen LogP contribution in [0.25, 0.3) is 11.0 Å². The fourth-order valence-electron chi connectivity index (χ4n) is 2.68. The van der Waals surface area contributed by atoms with E-state index >= 15 is 0 Å². The first-order chi connectivity index (χ1) is 11.5. The van der Waals surface area contributed by atoms with Crippen LogP contribution in [0.15, 0.2) is 12.1 Å². The summed E-state index contributed by atoms with van der Waals surface area (Å²) in [5, 5.41) is 41.7. The number of benzene rings is 1. The first-order valence-corrected chi connectivity index (χ1v) is 7.83. The zero-order valence-electron chi connectivity index (χ0n) is 12.2. The maximum Gasteiger partial charge on any atom is 0.206 e. The molecule has 0 amide bonds. The van der Waals surface area contributed by atoms with Gasteiger partial charge in [-0.2, -0.15) is 5.26 Å². The number of nitriles is 1. The third-order valence-corrected chi connectivity index (χ3v) is 4.55. The second kappa shape index (κ2) is 6.72. The van der Waals surface area contributed by atoms with Crippen molar-refractivity contribution in [1.29, 1.82) is 5.26 Å². The summed E-state index contributed by atoms with van der Waals surface area (Å²) in [5.74, 6) is 0.250. The van der Waals surface area contributed by atoms with Gasteiger partial charge in [-0.15, -0.1) is 0 Å². The lowest BCUT2D eigenvalue weighted by Gasteiger charge is -2.20. The minimum atomic E-state index is -1.29. The van der Waals surface area contributed by atoms with Crippen molar-refractivity contribution in [3.05, 3.63) is 22.2 Å². The topological polar surface area (TPSA) is 124 Å². The first-order valence-electron chi connectivity index (χ1n) is 7.08.